The summed E-state index contributed by atoms with van der Waals surface area (Å²) < 4.78 is 11.3. The van der Waals surface area contributed by atoms with E-state index in [0.717, 1.165) is 56.2 Å². The molecule has 3 aliphatic rings. The fourth-order valence-corrected chi connectivity index (χ4v) is 2.45. The van der Waals surface area contributed by atoms with Crippen molar-refractivity contribution in [2.75, 3.05) is 13.1 Å². The van der Waals surface area contributed by atoms with Crippen molar-refractivity contribution in [1.82, 2.24) is 5.32 Å². The predicted molar refractivity (Wildman–Crippen MR) is 79.6 cm³/mol. The summed E-state index contributed by atoms with van der Waals surface area (Å²) in [6.45, 7) is 2.11. The monoisotopic (exact) mass is 273 g/mol. The van der Waals surface area contributed by atoms with Crippen molar-refractivity contribution < 1.29 is 9.47 Å². The highest BCUT2D eigenvalue weighted by Crippen LogP contribution is 2.28. The van der Waals surface area contributed by atoms with Crippen LogP contribution in [0.4, 0.5) is 0 Å². The summed E-state index contributed by atoms with van der Waals surface area (Å²) in [6, 6.07) is 0. The van der Waals surface area contributed by atoms with Crippen LogP contribution in [0.2, 0.25) is 0 Å². The molecule has 0 unspecified atom stereocenters. The van der Waals surface area contributed by atoms with Crippen molar-refractivity contribution in [3.8, 4) is 0 Å². The summed E-state index contributed by atoms with van der Waals surface area (Å²) in [5.74, 6) is 2.78. The SMILES string of the molecule is C1=CCCC(CC2=COC=C(CCNCC3CC3)O2)=C1. The third-order valence-corrected chi connectivity index (χ3v) is 3.84. The molecular formula is C17H23NO2. The highest BCUT2D eigenvalue weighted by Gasteiger charge is 2.20. The lowest BCUT2D eigenvalue weighted by atomic mass is 10.0. The molecule has 1 aliphatic heterocycles. The van der Waals surface area contributed by atoms with Gasteiger partial charge in [0.15, 0.2) is 0 Å². The Hall–Kier alpha value is -1.48. The van der Waals surface area contributed by atoms with E-state index >= 15 is 0 Å². The Morgan fingerprint density at radius 3 is 2.90 bits per heavy atom. The van der Waals surface area contributed by atoms with E-state index in [1.54, 1.807) is 12.5 Å². The average Bonchev–Trinajstić information content (AvgIpc) is 3.29. The van der Waals surface area contributed by atoms with Crippen LogP contribution in [-0.4, -0.2) is 13.1 Å². The summed E-state index contributed by atoms with van der Waals surface area (Å²) in [4.78, 5) is 0. The highest BCUT2D eigenvalue weighted by molar-refractivity contribution is 5.22. The van der Waals surface area contributed by atoms with Crippen LogP contribution >= 0.6 is 0 Å². The van der Waals surface area contributed by atoms with Gasteiger partial charge in [-0.05, 0) is 38.1 Å². The van der Waals surface area contributed by atoms with Crippen molar-refractivity contribution in [1.29, 1.82) is 0 Å². The molecule has 0 radical (unpaired) electrons. The Bertz CT molecular complexity index is 456. The molecule has 1 heterocycles. The van der Waals surface area contributed by atoms with Crippen molar-refractivity contribution in [2.24, 2.45) is 5.92 Å². The first-order valence-corrected chi connectivity index (χ1v) is 7.67. The van der Waals surface area contributed by atoms with Gasteiger partial charge in [0.05, 0.1) is 0 Å². The molecule has 3 nitrogen and oxygen atoms in total. The fourth-order valence-electron chi connectivity index (χ4n) is 2.45. The topological polar surface area (TPSA) is 30.5 Å². The second-order valence-electron chi connectivity index (χ2n) is 5.77. The van der Waals surface area contributed by atoms with E-state index in [9.17, 15) is 0 Å². The van der Waals surface area contributed by atoms with Crippen LogP contribution in [0.5, 0.6) is 0 Å². The van der Waals surface area contributed by atoms with Crippen molar-refractivity contribution in [2.45, 2.75) is 38.5 Å². The van der Waals surface area contributed by atoms with Gasteiger partial charge in [0.25, 0.3) is 0 Å². The number of nitrogens with one attached hydrogen (secondary N) is 1. The standard InChI is InChI=1S/C17H23NO2/c1-2-4-14(5-3-1)10-17-13-19-12-16(20-17)8-9-18-11-15-6-7-15/h1-2,4,12-13,15,18H,3,5-11H2. The molecule has 0 atom stereocenters. The molecule has 1 N–H and O–H groups in total. The summed E-state index contributed by atoms with van der Waals surface area (Å²) >= 11 is 0. The first kappa shape index (κ1) is 13.5. The van der Waals surface area contributed by atoms with Crippen LogP contribution in [0, 0.1) is 5.92 Å². The Balaban J connectivity index is 1.39. The molecule has 0 bridgehead atoms. The normalized spacial score (nSPS) is 21.5. The molecule has 0 spiro atoms. The number of hydrogen-bond donors (Lipinski definition) is 1. The van der Waals surface area contributed by atoms with Crippen LogP contribution < -0.4 is 5.32 Å². The average molecular weight is 273 g/mol. The number of rotatable bonds is 7. The summed E-state index contributed by atoms with van der Waals surface area (Å²) in [5.41, 5.74) is 1.41. The quantitative estimate of drug-likeness (QED) is 0.716. The van der Waals surface area contributed by atoms with E-state index in [-0.39, 0.29) is 0 Å². The van der Waals surface area contributed by atoms with Gasteiger partial charge in [0, 0.05) is 19.4 Å². The van der Waals surface area contributed by atoms with Gasteiger partial charge in [0.2, 0.25) is 0 Å². The van der Waals surface area contributed by atoms with Crippen LogP contribution in [0.25, 0.3) is 0 Å². The van der Waals surface area contributed by atoms with Gasteiger partial charge in [-0.15, -0.1) is 0 Å². The van der Waals surface area contributed by atoms with Crippen LogP contribution in [-0.2, 0) is 9.47 Å². The van der Waals surface area contributed by atoms with Gasteiger partial charge in [-0.25, -0.2) is 0 Å². The molecular weight excluding hydrogens is 250 g/mol. The van der Waals surface area contributed by atoms with E-state index in [2.05, 4.69) is 23.5 Å². The lowest BCUT2D eigenvalue weighted by Crippen LogP contribution is -2.19. The molecule has 0 aromatic carbocycles. The van der Waals surface area contributed by atoms with Crippen LogP contribution in [0.3, 0.4) is 0 Å². The molecule has 1 fully saturated rings. The third kappa shape index (κ3) is 4.27. The second kappa shape index (κ2) is 6.80. The summed E-state index contributed by atoms with van der Waals surface area (Å²) in [6.07, 6.45) is 16.7. The molecule has 2 aliphatic carbocycles. The van der Waals surface area contributed by atoms with Gasteiger partial charge >= 0.3 is 0 Å². The van der Waals surface area contributed by atoms with Crippen molar-refractivity contribution >= 4 is 0 Å². The molecule has 0 aromatic rings. The van der Waals surface area contributed by atoms with Crippen LogP contribution in [0.1, 0.15) is 38.5 Å². The van der Waals surface area contributed by atoms with Gasteiger partial charge in [-0.1, -0.05) is 23.8 Å². The molecule has 0 saturated heterocycles. The third-order valence-electron chi connectivity index (χ3n) is 3.84. The maximum absolute atomic E-state index is 5.90. The maximum Gasteiger partial charge on any atom is 0.143 e. The van der Waals surface area contributed by atoms with E-state index in [4.69, 9.17) is 9.47 Å². The van der Waals surface area contributed by atoms with Crippen molar-refractivity contribution in [3.63, 3.8) is 0 Å². The Kier molecular flexibility index (Phi) is 4.59. The zero-order valence-electron chi connectivity index (χ0n) is 11.9. The van der Waals surface area contributed by atoms with Crippen molar-refractivity contribution in [3.05, 3.63) is 47.8 Å². The molecule has 3 rings (SSSR count). The minimum absolute atomic E-state index is 0.858. The summed E-state index contributed by atoms with van der Waals surface area (Å²) in [7, 11) is 0. The molecule has 0 aromatic heterocycles. The lowest BCUT2D eigenvalue weighted by molar-refractivity contribution is 0.207. The van der Waals surface area contributed by atoms with Gasteiger partial charge in [-0.3, -0.25) is 0 Å². The number of ether oxygens (including phenoxy) is 2. The Labute approximate surface area is 121 Å². The Morgan fingerprint density at radius 2 is 2.10 bits per heavy atom. The zero-order valence-corrected chi connectivity index (χ0v) is 11.9. The van der Waals surface area contributed by atoms with Gasteiger partial charge in [-0.2, -0.15) is 0 Å². The molecule has 0 amide bonds. The van der Waals surface area contributed by atoms with E-state index in [0.29, 0.717) is 0 Å². The van der Waals surface area contributed by atoms with E-state index < -0.39 is 0 Å². The number of hydrogen-bond acceptors (Lipinski definition) is 3. The first-order chi connectivity index (χ1) is 9.90. The van der Waals surface area contributed by atoms with Crippen LogP contribution in [0.15, 0.2) is 47.8 Å². The zero-order chi connectivity index (χ0) is 13.6. The minimum Gasteiger partial charge on any atom is -0.466 e. The van der Waals surface area contributed by atoms with Gasteiger partial charge in [0.1, 0.15) is 24.0 Å². The second-order valence-corrected chi connectivity index (χ2v) is 5.77. The molecule has 108 valence electrons. The molecule has 1 saturated carbocycles. The molecule has 3 heteroatoms. The van der Waals surface area contributed by atoms with E-state index in [1.165, 1.54) is 18.4 Å². The Morgan fingerprint density at radius 1 is 1.20 bits per heavy atom. The van der Waals surface area contributed by atoms with E-state index in [1.807, 2.05) is 0 Å². The molecule has 20 heavy (non-hydrogen) atoms. The predicted octanol–water partition coefficient (Wildman–Crippen LogP) is 3.77. The first-order valence-electron chi connectivity index (χ1n) is 7.67. The fraction of sp³-hybridized carbons (Fsp3) is 0.529. The minimum atomic E-state index is 0.858. The highest BCUT2D eigenvalue weighted by atomic mass is 16.5. The van der Waals surface area contributed by atoms with Gasteiger partial charge < -0.3 is 14.8 Å². The number of allylic oxidation sites excluding steroid dienone is 4. The maximum atomic E-state index is 5.90. The lowest BCUT2D eigenvalue weighted by Gasteiger charge is -2.18. The largest absolute Gasteiger partial charge is 0.466 e. The smallest absolute Gasteiger partial charge is 0.143 e. The summed E-state index contributed by atoms with van der Waals surface area (Å²) in [5, 5.41) is 3.47.